The fourth-order valence-corrected chi connectivity index (χ4v) is 5.81. The summed E-state index contributed by atoms with van der Waals surface area (Å²) in [5.74, 6) is 0.389. The first-order chi connectivity index (χ1) is 17.7. The van der Waals surface area contributed by atoms with E-state index in [1.807, 2.05) is 64.8 Å². The highest BCUT2D eigenvalue weighted by Gasteiger charge is 2.22. The first kappa shape index (κ1) is 19.6. The van der Waals surface area contributed by atoms with Crippen LogP contribution in [-0.2, 0) is 7.05 Å². The largest absolute Gasteiger partial charge is 0.432 e. The van der Waals surface area contributed by atoms with E-state index in [2.05, 4.69) is 28.6 Å². The second kappa shape index (κ2) is 7.16. The first-order valence-corrected chi connectivity index (χ1v) is 12.4. The van der Waals surface area contributed by atoms with Gasteiger partial charge >= 0.3 is 11.8 Å². The molecule has 0 aliphatic heterocycles. The van der Waals surface area contributed by atoms with Gasteiger partial charge in [0.05, 0.1) is 33.3 Å². The van der Waals surface area contributed by atoms with Crippen molar-refractivity contribution in [2.75, 3.05) is 0 Å². The molecule has 7 nitrogen and oxygen atoms in total. The number of aromatic nitrogens is 5. The Bertz CT molecular complexity index is 2070. The lowest BCUT2D eigenvalue weighted by Crippen LogP contribution is -1.96. The van der Waals surface area contributed by atoms with Crippen molar-refractivity contribution in [2.45, 2.75) is 0 Å². The minimum atomic E-state index is 0.389. The Hall–Kier alpha value is -4.69. The molecule has 0 aliphatic rings. The fraction of sp³-hybridized carbons (Fsp3) is 0.0357. The van der Waals surface area contributed by atoms with E-state index in [1.165, 1.54) is 0 Å². The predicted octanol–water partition coefficient (Wildman–Crippen LogP) is 7.20. The zero-order valence-corrected chi connectivity index (χ0v) is 19.9. The summed E-state index contributed by atoms with van der Waals surface area (Å²) in [5, 5.41) is 4.26. The highest BCUT2D eigenvalue weighted by molar-refractivity contribution is 7.17. The molecule has 8 rings (SSSR count). The third-order valence-corrected chi connectivity index (χ3v) is 7.47. The Balaban J connectivity index is 1.42. The summed E-state index contributed by atoms with van der Waals surface area (Å²) in [6.45, 7) is 0. The number of pyridine rings is 1. The van der Waals surface area contributed by atoms with Crippen LogP contribution >= 0.6 is 11.3 Å². The maximum atomic E-state index is 6.17. The first-order valence-electron chi connectivity index (χ1n) is 11.5. The number of fused-ring (bicyclic) bond motifs is 5. The number of para-hydroxylation sites is 1. The van der Waals surface area contributed by atoms with E-state index in [1.54, 1.807) is 23.9 Å². The van der Waals surface area contributed by atoms with Gasteiger partial charge in [0.15, 0.2) is 5.52 Å². The zero-order valence-electron chi connectivity index (χ0n) is 19.0. The van der Waals surface area contributed by atoms with Crippen LogP contribution in [0.2, 0.25) is 0 Å². The lowest BCUT2D eigenvalue weighted by molar-refractivity contribution is 0.465. The number of nitrogens with zero attached hydrogens (tertiary/aromatic N) is 5. The SMILES string of the molecule is Cn1cnc(-c2csc3cc4c5ccccc5n(-c5nc6c(-c7ccccc7)coc6o5)c4nc23)c1. The minimum absolute atomic E-state index is 0.389. The number of thiophene rings is 1. The van der Waals surface area contributed by atoms with Gasteiger partial charge in [-0.3, -0.25) is 0 Å². The monoisotopic (exact) mass is 487 g/mol. The van der Waals surface area contributed by atoms with Gasteiger partial charge in [-0.05, 0) is 17.7 Å². The molecule has 8 aromatic rings. The lowest BCUT2D eigenvalue weighted by atomic mass is 10.1. The van der Waals surface area contributed by atoms with Crippen LogP contribution in [0.5, 0.6) is 0 Å². The number of hydrogen-bond acceptors (Lipinski definition) is 6. The molecule has 2 aromatic carbocycles. The Morgan fingerprint density at radius 3 is 2.61 bits per heavy atom. The second-order valence-corrected chi connectivity index (χ2v) is 9.69. The Labute approximate surface area is 207 Å². The van der Waals surface area contributed by atoms with E-state index in [-0.39, 0.29) is 0 Å². The molecule has 0 spiro atoms. The van der Waals surface area contributed by atoms with E-state index in [0.29, 0.717) is 17.3 Å². The molecule has 0 saturated heterocycles. The van der Waals surface area contributed by atoms with Crippen molar-refractivity contribution in [1.82, 2.24) is 24.1 Å². The number of benzene rings is 2. The van der Waals surface area contributed by atoms with Gasteiger partial charge in [-0.1, -0.05) is 48.5 Å². The molecule has 0 unspecified atom stereocenters. The van der Waals surface area contributed by atoms with E-state index in [4.69, 9.17) is 18.8 Å². The fourth-order valence-electron chi connectivity index (χ4n) is 4.88. The van der Waals surface area contributed by atoms with Gasteiger partial charge in [0.25, 0.3) is 0 Å². The average molecular weight is 488 g/mol. The van der Waals surface area contributed by atoms with E-state index < -0.39 is 0 Å². The Morgan fingerprint density at radius 1 is 0.889 bits per heavy atom. The molecule has 36 heavy (non-hydrogen) atoms. The molecule has 8 heteroatoms. The van der Waals surface area contributed by atoms with Crippen LogP contribution in [-0.4, -0.2) is 24.1 Å². The van der Waals surface area contributed by atoms with Crippen molar-refractivity contribution >= 4 is 54.8 Å². The highest BCUT2D eigenvalue weighted by atomic mass is 32.1. The number of oxazole rings is 1. The summed E-state index contributed by atoms with van der Waals surface area (Å²) in [6, 6.07) is 20.9. The van der Waals surface area contributed by atoms with Crippen LogP contribution in [0.3, 0.4) is 0 Å². The van der Waals surface area contributed by atoms with Gasteiger partial charge in [0, 0.05) is 35.0 Å². The third kappa shape index (κ3) is 2.70. The van der Waals surface area contributed by atoms with Crippen molar-refractivity contribution in [3.8, 4) is 28.4 Å². The van der Waals surface area contributed by atoms with Crippen molar-refractivity contribution in [2.24, 2.45) is 7.05 Å². The lowest BCUT2D eigenvalue weighted by Gasteiger charge is -2.02. The van der Waals surface area contributed by atoms with Gasteiger partial charge < -0.3 is 13.4 Å². The van der Waals surface area contributed by atoms with Gasteiger partial charge in [0.2, 0.25) is 0 Å². The molecular formula is C28H17N5O2S. The number of aryl methyl sites for hydroxylation is 1. The van der Waals surface area contributed by atoms with Gasteiger partial charge in [-0.2, -0.15) is 4.98 Å². The van der Waals surface area contributed by atoms with Crippen molar-refractivity contribution in [1.29, 1.82) is 0 Å². The molecular weight excluding hydrogens is 470 g/mol. The minimum Gasteiger partial charge on any atom is -0.432 e. The molecule has 172 valence electrons. The Morgan fingerprint density at radius 2 is 1.75 bits per heavy atom. The molecule has 6 heterocycles. The van der Waals surface area contributed by atoms with Crippen LogP contribution in [0, 0.1) is 0 Å². The topological polar surface area (TPSA) is 74.8 Å². The van der Waals surface area contributed by atoms with Gasteiger partial charge in [-0.25, -0.2) is 14.5 Å². The van der Waals surface area contributed by atoms with E-state index >= 15 is 0 Å². The standard InChI is InChI=1S/C28H17N5O2S/c1-32-12-21(29-15-32)20-14-36-23-11-18-17-9-5-6-10-22(17)33(26(18)30-24(20)23)28-31-25-19(13-34-27(25)35-28)16-7-3-2-4-8-16/h2-15H,1H3. The van der Waals surface area contributed by atoms with E-state index in [9.17, 15) is 0 Å². The van der Waals surface area contributed by atoms with E-state index in [0.717, 1.165) is 54.5 Å². The molecule has 0 saturated carbocycles. The summed E-state index contributed by atoms with van der Waals surface area (Å²) in [6.07, 6.45) is 5.51. The molecule has 0 N–H and O–H groups in total. The molecule has 0 bridgehead atoms. The van der Waals surface area contributed by atoms with Gasteiger partial charge in [-0.15, -0.1) is 11.3 Å². The smallest absolute Gasteiger partial charge is 0.320 e. The van der Waals surface area contributed by atoms with Crippen LogP contribution in [0.4, 0.5) is 0 Å². The van der Waals surface area contributed by atoms with Crippen LogP contribution < -0.4 is 0 Å². The molecule has 0 atom stereocenters. The second-order valence-electron chi connectivity index (χ2n) is 8.78. The summed E-state index contributed by atoms with van der Waals surface area (Å²) in [5.41, 5.74) is 7.19. The maximum Gasteiger partial charge on any atom is 0.320 e. The van der Waals surface area contributed by atoms with Crippen LogP contribution in [0.15, 0.2) is 93.7 Å². The summed E-state index contributed by atoms with van der Waals surface area (Å²) in [7, 11) is 1.97. The molecule has 6 aromatic heterocycles. The molecule has 0 radical (unpaired) electrons. The summed E-state index contributed by atoms with van der Waals surface area (Å²) >= 11 is 1.68. The van der Waals surface area contributed by atoms with Crippen molar-refractivity contribution < 1.29 is 8.83 Å². The number of rotatable bonds is 3. The maximum absolute atomic E-state index is 6.17. The number of furan rings is 1. The normalized spacial score (nSPS) is 12.0. The van der Waals surface area contributed by atoms with Crippen molar-refractivity contribution in [3.05, 3.63) is 84.8 Å². The Kier molecular flexibility index (Phi) is 3.90. The highest BCUT2D eigenvalue weighted by Crippen LogP contribution is 2.39. The van der Waals surface area contributed by atoms with Crippen LogP contribution in [0.1, 0.15) is 0 Å². The summed E-state index contributed by atoms with van der Waals surface area (Å²) in [4.78, 5) is 14.6. The predicted molar refractivity (Wildman–Crippen MR) is 141 cm³/mol. The summed E-state index contributed by atoms with van der Waals surface area (Å²) < 4.78 is 17.0. The zero-order chi connectivity index (χ0) is 23.8. The van der Waals surface area contributed by atoms with Gasteiger partial charge in [0.1, 0.15) is 11.9 Å². The quantitative estimate of drug-likeness (QED) is 0.264. The number of hydrogen-bond donors (Lipinski definition) is 0. The average Bonchev–Trinajstić information content (AvgIpc) is 3.71. The number of imidazole rings is 1. The molecule has 0 fully saturated rings. The molecule has 0 aliphatic carbocycles. The third-order valence-electron chi connectivity index (χ3n) is 6.55. The van der Waals surface area contributed by atoms with Crippen LogP contribution in [0.25, 0.3) is 71.8 Å². The molecule has 0 amide bonds. The van der Waals surface area contributed by atoms with Crippen molar-refractivity contribution in [3.63, 3.8) is 0 Å².